The highest BCUT2D eigenvalue weighted by Crippen LogP contribution is 2.22. The molecular weight excluding hydrogens is 375 g/mol. The van der Waals surface area contributed by atoms with Crippen molar-refractivity contribution in [1.82, 2.24) is 5.32 Å². The zero-order valence-electron chi connectivity index (χ0n) is 11.0. The molecule has 2 N–H and O–H groups in total. The van der Waals surface area contributed by atoms with Crippen LogP contribution in [0.1, 0.15) is 5.56 Å². The lowest BCUT2D eigenvalue weighted by atomic mass is 10.1. The van der Waals surface area contributed by atoms with Crippen molar-refractivity contribution in [3.8, 4) is 0 Å². The van der Waals surface area contributed by atoms with Gasteiger partial charge < -0.3 is 10.6 Å². The molecule has 0 aliphatic carbocycles. The minimum atomic E-state index is -0.287. The molecule has 0 saturated carbocycles. The fraction of sp³-hybridized carbons (Fsp3) is 0.133. The van der Waals surface area contributed by atoms with Gasteiger partial charge in [0.2, 0.25) is 0 Å². The van der Waals surface area contributed by atoms with Crippen LogP contribution in [0.15, 0.2) is 46.9 Å². The van der Waals surface area contributed by atoms with E-state index >= 15 is 0 Å². The maximum atomic E-state index is 11.8. The minimum Gasteiger partial charge on any atom is -0.338 e. The third-order valence-electron chi connectivity index (χ3n) is 2.73. The van der Waals surface area contributed by atoms with Gasteiger partial charge in [0.1, 0.15) is 0 Å². The molecule has 0 aromatic heterocycles. The molecule has 0 saturated heterocycles. The van der Waals surface area contributed by atoms with Crippen LogP contribution in [0.4, 0.5) is 10.5 Å². The van der Waals surface area contributed by atoms with Crippen molar-refractivity contribution in [1.29, 1.82) is 0 Å². The summed E-state index contributed by atoms with van der Waals surface area (Å²) >= 11 is 15.1. The molecular formula is C15H13BrCl2N2O. The van der Waals surface area contributed by atoms with E-state index in [2.05, 4.69) is 26.6 Å². The number of carbonyl (C=O) groups is 1. The lowest BCUT2D eigenvalue weighted by Crippen LogP contribution is -2.30. The Balaban J connectivity index is 1.80. The second kappa shape index (κ2) is 7.69. The molecule has 2 aromatic carbocycles. The molecule has 0 aliphatic heterocycles. The predicted octanol–water partition coefficient (Wildman–Crippen LogP) is 5.12. The smallest absolute Gasteiger partial charge is 0.319 e. The third-order valence-corrected chi connectivity index (χ3v) is 3.70. The number of amides is 2. The number of hydrogen-bond acceptors (Lipinski definition) is 1. The molecule has 2 rings (SSSR count). The molecule has 0 unspecified atom stereocenters. The molecule has 2 aromatic rings. The summed E-state index contributed by atoms with van der Waals surface area (Å²) in [5.74, 6) is 0. The van der Waals surface area contributed by atoms with Crippen molar-refractivity contribution in [3.63, 3.8) is 0 Å². The lowest BCUT2D eigenvalue weighted by Gasteiger charge is -2.08. The minimum absolute atomic E-state index is 0.287. The highest BCUT2D eigenvalue weighted by Gasteiger charge is 2.03. The predicted molar refractivity (Wildman–Crippen MR) is 91.3 cm³/mol. The van der Waals surface area contributed by atoms with Crippen LogP contribution in [0.5, 0.6) is 0 Å². The Kier molecular flexibility index (Phi) is 5.91. The number of anilines is 1. The summed E-state index contributed by atoms with van der Waals surface area (Å²) in [6, 6.07) is 12.6. The van der Waals surface area contributed by atoms with Gasteiger partial charge in [-0.15, -0.1) is 0 Å². The molecule has 2 amide bonds. The van der Waals surface area contributed by atoms with Crippen LogP contribution in [0.2, 0.25) is 10.0 Å². The zero-order chi connectivity index (χ0) is 15.2. The Bertz CT molecular complexity index is 612. The molecule has 0 atom stereocenters. The highest BCUT2D eigenvalue weighted by atomic mass is 79.9. The monoisotopic (exact) mass is 386 g/mol. The zero-order valence-corrected chi connectivity index (χ0v) is 14.1. The van der Waals surface area contributed by atoms with Crippen molar-refractivity contribution in [2.75, 3.05) is 11.9 Å². The van der Waals surface area contributed by atoms with E-state index in [0.29, 0.717) is 22.3 Å². The molecule has 0 bridgehead atoms. The molecule has 0 fully saturated rings. The fourth-order valence-corrected chi connectivity index (χ4v) is 2.56. The van der Waals surface area contributed by atoms with Gasteiger partial charge in [-0.3, -0.25) is 0 Å². The van der Waals surface area contributed by atoms with E-state index in [9.17, 15) is 4.79 Å². The second-order valence-electron chi connectivity index (χ2n) is 4.42. The van der Waals surface area contributed by atoms with Crippen molar-refractivity contribution in [3.05, 3.63) is 62.5 Å². The maximum Gasteiger partial charge on any atom is 0.319 e. The summed E-state index contributed by atoms with van der Waals surface area (Å²) in [7, 11) is 0. The van der Waals surface area contributed by atoms with Gasteiger partial charge in [-0.1, -0.05) is 51.3 Å². The van der Waals surface area contributed by atoms with Crippen LogP contribution >= 0.6 is 39.1 Å². The van der Waals surface area contributed by atoms with E-state index in [1.54, 1.807) is 18.2 Å². The van der Waals surface area contributed by atoms with E-state index in [-0.39, 0.29) is 6.03 Å². The number of rotatable bonds is 4. The molecule has 110 valence electrons. The lowest BCUT2D eigenvalue weighted by molar-refractivity contribution is 0.252. The van der Waals surface area contributed by atoms with Crippen molar-refractivity contribution in [2.45, 2.75) is 6.42 Å². The summed E-state index contributed by atoms with van der Waals surface area (Å²) < 4.78 is 1.04. The molecule has 21 heavy (non-hydrogen) atoms. The Morgan fingerprint density at radius 3 is 2.29 bits per heavy atom. The average Bonchev–Trinajstić information content (AvgIpc) is 2.39. The summed E-state index contributed by atoms with van der Waals surface area (Å²) in [5, 5.41) is 6.44. The molecule has 0 aliphatic rings. The van der Waals surface area contributed by atoms with Crippen molar-refractivity contribution in [2.24, 2.45) is 0 Å². The van der Waals surface area contributed by atoms with Gasteiger partial charge in [-0.05, 0) is 42.3 Å². The van der Waals surface area contributed by atoms with Crippen LogP contribution < -0.4 is 10.6 Å². The van der Waals surface area contributed by atoms with Crippen molar-refractivity contribution < 1.29 is 4.79 Å². The first-order chi connectivity index (χ1) is 10.0. The van der Waals surface area contributed by atoms with Crippen LogP contribution in [0.3, 0.4) is 0 Å². The third kappa shape index (κ3) is 5.58. The van der Waals surface area contributed by atoms with E-state index in [4.69, 9.17) is 23.2 Å². The first kappa shape index (κ1) is 16.1. The van der Waals surface area contributed by atoms with Gasteiger partial charge in [0.15, 0.2) is 0 Å². The number of halogens is 3. The first-order valence-electron chi connectivity index (χ1n) is 6.28. The van der Waals surface area contributed by atoms with E-state index in [1.165, 1.54) is 0 Å². The topological polar surface area (TPSA) is 41.1 Å². The van der Waals surface area contributed by atoms with Gasteiger partial charge in [0, 0.05) is 26.8 Å². The van der Waals surface area contributed by atoms with Gasteiger partial charge in [0.05, 0.1) is 0 Å². The summed E-state index contributed by atoms with van der Waals surface area (Å²) in [5.41, 5.74) is 1.72. The van der Waals surface area contributed by atoms with Gasteiger partial charge >= 0.3 is 6.03 Å². The quantitative estimate of drug-likeness (QED) is 0.750. The average molecular weight is 388 g/mol. The Morgan fingerprint density at radius 1 is 1.05 bits per heavy atom. The largest absolute Gasteiger partial charge is 0.338 e. The van der Waals surface area contributed by atoms with Gasteiger partial charge in [-0.25, -0.2) is 4.79 Å². The van der Waals surface area contributed by atoms with Gasteiger partial charge in [-0.2, -0.15) is 0 Å². The second-order valence-corrected chi connectivity index (χ2v) is 6.20. The Morgan fingerprint density at radius 2 is 1.67 bits per heavy atom. The summed E-state index contributed by atoms with van der Waals surface area (Å²) in [6.07, 6.45) is 0.761. The number of carbonyl (C=O) groups excluding carboxylic acids is 1. The number of urea groups is 1. The fourth-order valence-electron chi connectivity index (χ4n) is 1.77. The molecule has 0 spiro atoms. The SMILES string of the molecule is O=C(NCCc1ccc(Br)cc1)Nc1cc(Cl)cc(Cl)c1. The summed E-state index contributed by atoms with van der Waals surface area (Å²) in [4.78, 5) is 11.8. The molecule has 3 nitrogen and oxygen atoms in total. The Labute approximate surface area is 141 Å². The van der Waals surface area contributed by atoms with Crippen LogP contribution in [0.25, 0.3) is 0 Å². The van der Waals surface area contributed by atoms with E-state index < -0.39 is 0 Å². The van der Waals surface area contributed by atoms with E-state index in [0.717, 1.165) is 16.5 Å². The van der Waals surface area contributed by atoms with Gasteiger partial charge in [0.25, 0.3) is 0 Å². The van der Waals surface area contributed by atoms with Crippen molar-refractivity contribution >= 4 is 50.9 Å². The number of benzene rings is 2. The molecule has 6 heteroatoms. The van der Waals surface area contributed by atoms with Crippen LogP contribution in [-0.4, -0.2) is 12.6 Å². The maximum absolute atomic E-state index is 11.8. The number of nitrogens with one attached hydrogen (secondary N) is 2. The number of hydrogen-bond donors (Lipinski definition) is 2. The molecule has 0 radical (unpaired) electrons. The van der Waals surface area contributed by atoms with Crippen LogP contribution in [0, 0.1) is 0 Å². The van der Waals surface area contributed by atoms with E-state index in [1.807, 2.05) is 24.3 Å². The Hall–Kier alpha value is -1.23. The first-order valence-corrected chi connectivity index (χ1v) is 7.83. The summed E-state index contributed by atoms with van der Waals surface area (Å²) in [6.45, 7) is 0.543. The standard InChI is InChI=1S/C15H13BrCl2N2O/c16-11-3-1-10(2-4-11)5-6-19-15(21)20-14-8-12(17)7-13(18)9-14/h1-4,7-9H,5-6H2,(H2,19,20,21). The normalized spacial score (nSPS) is 10.2. The molecule has 0 heterocycles. The highest BCUT2D eigenvalue weighted by molar-refractivity contribution is 9.10. The van der Waals surface area contributed by atoms with Crippen LogP contribution in [-0.2, 0) is 6.42 Å².